The molecule has 2 heterocycles. The van der Waals surface area contributed by atoms with Gasteiger partial charge >= 0.3 is 17.9 Å². The summed E-state index contributed by atoms with van der Waals surface area (Å²) >= 11 is 0. The van der Waals surface area contributed by atoms with E-state index in [-0.39, 0.29) is 17.9 Å². The van der Waals surface area contributed by atoms with Crippen molar-refractivity contribution in [1.29, 1.82) is 0 Å². The van der Waals surface area contributed by atoms with Crippen LogP contribution in [0.25, 0.3) is 21.8 Å². The minimum atomic E-state index is -0.918. The summed E-state index contributed by atoms with van der Waals surface area (Å²) in [5, 5.41) is 10.4. The molecular weight excluding hydrogens is 520 g/mol. The zero-order chi connectivity index (χ0) is 29.2. The summed E-state index contributed by atoms with van der Waals surface area (Å²) in [5.74, 6) is -1.38. The Morgan fingerprint density at radius 1 is 0.732 bits per heavy atom. The minimum Gasteiger partial charge on any atom is -0.478 e. The first-order valence-corrected chi connectivity index (χ1v) is 13.1. The Kier molecular flexibility index (Phi) is 9.72. The number of fused-ring (bicyclic) bond motifs is 3. The Morgan fingerprint density at radius 2 is 1.29 bits per heavy atom. The Labute approximate surface area is 237 Å². The topological polar surface area (TPSA) is 116 Å². The molecule has 0 saturated carbocycles. The number of para-hydroxylation sites is 2. The molecule has 1 unspecified atom stereocenters. The molecule has 0 amide bonds. The maximum atomic E-state index is 11.5. The number of methoxy groups -OCH3 is 2. The molecule has 2 aromatic heterocycles. The van der Waals surface area contributed by atoms with Crippen LogP contribution in [-0.2, 0) is 20.7 Å². The second-order valence-electron chi connectivity index (χ2n) is 9.21. The van der Waals surface area contributed by atoms with E-state index in [9.17, 15) is 14.4 Å². The third-order valence-electron chi connectivity index (χ3n) is 6.79. The number of aryl methyl sites for hydroxylation is 1. The van der Waals surface area contributed by atoms with Crippen molar-refractivity contribution in [3.8, 4) is 0 Å². The fourth-order valence-corrected chi connectivity index (χ4v) is 4.81. The van der Waals surface area contributed by atoms with Crippen LogP contribution in [0.5, 0.6) is 0 Å². The number of nitrogens with zero attached hydrogens (tertiary/aromatic N) is 2. The number of hydrogen-bond donors (Lipinski definition) is 1. The first kappa shape index (κ1) is 28.9. The summed E-state index contributed by atoms with van der Waals surface area (Å²) in [6, 6.07) is 26.0. The molecule has 1 atom stereocenters. The quantitative estimate of drug-likeness (QED) is 0.263. The zero-order valence-electron chi connectivity index (χ0n) is 22.8. The number of esters is 2. The third-order valence-corrected chi connectivity index (χ3v) is 6.79. The molecule has 1 aliphatic carbocycles. The van der Waals surface area contributed by atoms with E-state index >= 15 is 0 Å². The smallest absolute Gasteiger partial charge is 0.338 e. The number of benzene rings is 3. The summed E-state index contributed by atoms with van der Waals surface area (Å²) in [6.07, 6.45) is 6.20. The largest absolute Gasteiger partial charge is 0.478 e. The highest BCUT2D eigenvalue weighted by atomic mass is 16.5. The average molecular weight is 551 g/mol. The number of pyridine rings is 2. The number of rotatable bonds is 3. The van der Waals surface area contributed by atoms with Crippen molar-refractivity contribution in [1.82, 2.24) is 9.97 Å². The highest BCUT2D eigenvalue weighted by Crippen LogP contribution is 2.32. The average Bonchev–Trinajstić information content (AvgIpc) is 3.03. The molecule has 3 aromatic carbocycles. The summed E-state index contributed by atoms with van der Waals surface area (Å²) in [4.78, 5) is 41.9. The Balaban J connectivity index is 0.000000142. The van der Waals surface area contributed by atoms with Crippen LogP contribution >= 0.6 is 0 Å². The summed E-state index contributed by atoms with van der Waals surface area (Å²) < 4.78 is 9.49. The number of aromatic carboxylic acids is 1. The van der Waals surface area contributed by atoms with Gasteiger partial charge in [-0.2, -0.15) is 0 Å². The van der Waals surface area contributed by atoms with E-state index in [1.807, 2.05) is 48.5 Å². The highest BCUT2D eigenvalue weighted by molar-refractivity contribution is 6.03. The van der Waals surface area contributed by atoms with Gasteiger partial charge in [0.1, 0.15) is 0 Å². The van der Waals surface area contributed by atoms with Crippen LogP contribution in [0.1, 0.15) is 50.6 Å². The van der Waals surface area contributed by atoms with Crippen molar-refractivity contribution in [2.75, 3.05) is 14.2 Å². The molecule has 0 bridgehead atoms. The van der Waals surface area contributed by atoms with Crippen molar-refractivity contribution in [3.63, 3.8) is 0 Å². The second kappa shape index (κ2) is 13.8. The van der Waals surface area contributed by atoms with E-state index in [2.05, 4.69) is 20.8 Å². The molecule has 1 aliphatic rings. The molecule has 8 heteroatoms. The molecular formula is C33H30N2O6. The summed E-state index contributed by atoms with van der Waals surface area (Å²) in [7, 11) is 2.83. The lowest BCUT2D eigenvalue weighted by Crippen LogP contribution is -2.19. The van der Waals surface area contributed by atoms with Gasteiger partial charge in [-0.1, -0.05) is 60.7 Å². The van der Waals surface area contributed by atoms with Gasteiger partial charge < -0.3 is 14.6 Å². The lowest BCUT2D eigenvalue weighted by molar-refractivity contribution is -0.142. The van der Waals surface area contributed by atoms with Crippen LogP contribution in [0.15, 0.2) is 97.3 Å². The van der Waals surface area contributed by atoms with Gasteiger partial charge in [-0.25, -0.2) is 9.59 Å². The van der Waals surface area contributed by atoms with Crippen molar-refractivity contribution >= 4 is 39.7 Å². The molecule has 6 rings (SSSR count). The number of carbonyl (C=O) groups is 3. The molecule has 41 heavy (non-hydrogen) atoms. The first-order valence-electron chi connectivity index (χ1n) is 13.1. The zero-order valence-corrected chi connectivity index (χ0v) is 22.8. The number of hydrogen-bond acceptors (Lipinski definition) is 7. The third kappa shape index (κ3) is 6.91. The summed E-state index contributed by atoms with van der Waals surface area (Å²) in [5.41, 5.74) is 4.82. The molecule has 0 radical (unpaired) electrons. The molecule has 5 aromatic rings. The van der Waals surface area contributed by atoms with Gasteiger partial charge in [0.2, 0.25) is 0 Å². The number of aromatic nitrogens is 2. The lowest BCUT2D eigenvalue weighted by Gasteiger charge is -2.23. The summed E-state index contributed by atoms with van der Waals surface area (Å²) in [6.45, 7) is 0. The van der Waals surface area contributed by atoms with Crippen molar-refractivity contribution in [2.24, 2.45) is 0 Å². The van der Waals surface area contributed by atoms with Crippen molar-refractivity contribution in [3.05, 3.63) is 120 Å². The Bertz CT molecular complexity index is 1670. The predicted octanol–water partition coefficient (Wildman–Crippen LogP) is 6.23. The van der Waals surface area contributed by atoms with E-state index < -0.39 is 5.97 Å². The Morgan fingerprint density at radius 3 is 1.90 bits per heavy atom. The van der Waals surface area contributed by atoms with Gasteiger partial charge in [0.15, 0.2) is 0 Å². The number of carboxylic acid groups (broad SMARTS) is 1. The van der Waals surface area contributed by atoms with E-state index in [0.29, 0.717) is 22.0 Å². The van der Waals surface area contributed by atoms with Gasteiger partial charge in [-0.15, -0.1) is 0 Å². The Hall–Kier alpha value is -5.11. The van der Waals surface area contributed by atoms with Crippen LogP contribution in [0.3, 0.4) is 0 Å². The van der Waals surface area contributed by atoms with E-state index in [4.69, 9.17) is 9.84 Å². The second-order valence-corrected chi connectivity index (χ2v) is 9.21. The van der Waals surface area contributed by atoms with E-state index in [0.717, 1.165) is 35.7 Å². The predicted molar refractivity (Wildman–Crippen MR) is 156 cm³/mol. The fraction of sp³-hybridized carbons (Fsp3) is 0.182. The lowest BCUT2D eigenvalue weighted by atomic mass is 9.83. The highest BCUT2D eigenvalue weighted by Gasteiger charge is 2.26. The van der Waals surface area contributed by atoms with Gasteiger partial charge in [0.25, 0.3) is 0 Å². The monoisotopic (exact) mass is 550 g/mol. The van der Waals surface area contributed by atoms with Crippen LogP contribution in [0.2, 0.25) is 0 Å². The number of carboxylic acids is 1. The molecule has 8 nitrogen and oxygen atoms in total. The fourth-order valence-electron chi connectivity index (χ4n) is 4.81. The molecule has 1 N–H and O–H groups in total. The SMILES string of the molecule is COC(=O)C1CCCc2ccccc21.COC(=O)c1ccnc2ccccc12.O=C(O)c1ccnc2ccccc12. The molecule has 0 spiro atoms. The molecule has 0 fully saturated rings. The van der Waals surface area contributed by atoms with Crippen LogP contribution in [0, 0.1) is 0 Å². The molecule has 0 aliphatic heterocycles. The van der Waals surface area contributed by atoms with Gasteiger partial charge in [0.05, 0.1) is 42.3 Å². The maximum absolute atomic E-state index is 11.5. The van der Waals surface area contributed by atoms with E-state index in [1.165, 1.54) is 32.0 Å². The standard InChI is InChI=1S/C12H14O2.C11H9NO2.C10H7NO2/c1-14-12(13)11-8-4-6-9-5-2-3-7-10(9)11;1-14-11(13)9-6-7-12-10-5-3-2-4-8(9)10;12-10(13)8-5-6-11-9-4-2-1-3-7(8)9/h2-3,5,7,11H,4,6,8H2,1H3;2-7H,1H3;1-6H,(H,12,13). The first-order chi connectivity index (χ1) is 19.9. The minimum absolute atomic E-state index is 0.0371. The van der Waals surface area contributed by atoms with E-state index in [1.54, 1.807) is 30.5 Å². The van der Waals surface area contributed by atoms with Crippen LogP contribution in [0.4, 0.5) is 0 Å². The van der Waals surface area contributed by atoms with Gasteiger partial charge in [-0.3, -0.25) is 14.8 Å². The van der Waals surface area contributed by atoms with Gasteiger partial charge in [-0.05, 0) is 54.7 Å². The van der Waals surface area contributed by atoms with Crippen molar-refractivity contribution < 1.29 is 29.0 Å². The number of ether oxygens (including phenoxy) is 2. The van der Waals surface area contributed by atoms with Crippen molar-refractivity contribution in [2.45, 2.75) is 25.2 Å². The molecule has 0 saturated heterocycles. The van der Waals surface area contributed by atoms with Gasteiger partial charge in [0, 0.05) is 23.2 Å². The molecule has 208 valence electrons. The number of carbonyl (C=O) groups excluding carboxylic acids is 2. The normalized spacial score (nSPS) is 13.5. The van der Waals surface area contributed by atoms with Crippen LogP contribution in [-0.4, -0.2) is 47.2 Å². The van der Waals surface area contributed by atoms with Crippen LogP contribution < -0.4 is 0 Å². The maximum Gasteiger partial charge on any atom is 0.338 e.